The third kappa shape index (κ3) is 6.61. The number of aromatic hydroxyl groups is 1. The zero-order valence-electron chi connectivity index (χ0n) is 24.0. The van der Waals surface area contributed by atoms with Crippen LogP contribution in [0.2, 0.25) is 0 Å². The summed E-state index contributed by atoms with van der Waals surface area (Å²) in [5.41, 5.74) is 1.07. The molecule has 1 saturated heterocycles. The molecule has 0 spiro atoms. The third-order valence-corrected chi connectivity index (χ3v) is 10.1. The van der Waals surface area contributed by atoms with E-state index in [0.29, 0.717) is 15.8 Å². The number of hydrogen-bond acceptors (Lipinski definition) is 6. The van der Waals surface area contributed by atoms with Gasteiger partial charge in [0.15, 0.2) is 28.2 Å². The van der Waals surface area contributed by atoms with E-state index in [-0.39, 0.29) is 48.2 Å². The van der Waals surface area contributed by atoms with Crippen molar-refractivity contribution in [3.63, 3.8) is 0 Å². The van der Waals surface area contributed by atoms with Crippen molar-refractivity contribution in [2.45, 2.75) is 61.9 Å². The Kier molecular flexibility index (Phi) is 10.6. The molecule has 1 aliphatic carbocycles. The third-order valence-electron chi connectivity index (χ3n) is 8.17. The van der Waals surface area contributed by atoms with Gasteiger partial charge in [0.2, 0.25) is 21.7 Å². The first-order chi connectivity index (χ1) is 20.8. The van der Waals surface area contributed by atoms with Gasteiger partial charge in [0.05, 0.1) is 12.5 Å². The number of carboxylic acids is 1. The molecular weight excluding hydrogens is 634 g/mol. The Morgan fingerprint density at radius 3 is 1.96 bits per heavy atom. The van der Waals surface area contributed by atoms with Gasteiger partial charge < -0.3 is 19.9 Å². The van der Waals surface area contributed by atoms with Crippen LogP contribution in [0.4, 0.5) is 27.6 Å². The van der Waals surface area contributed by atoms with Crippen molar-refractivity contribution in [2.75, 3.05) is 11.4 Å². The Labute approximate surface area is 277 Å². The standard InChI is InChI=1S/C30H27F5N2O6S.Na/c31-23-24(32)26(34)28(27(35)25(23)33)44(42,43)37-13-12-21(37)29(39)36(19-10-11-20(30(40)41)22(38)14-19)15-16-6-8-18(9-7-16)17-4-2-1-3-5-17;/h6-11,14,17,21,38H,1-5,12-13,15H2,(H,40,41);/q;+1/p-1/t21-;/m1./s1. The van der Waals surface area contributed by atoms with Crippen LogP contribution in [0.15, 0.2) is 47.4 Å². The maximum atomic E-state index is 14.5. The monoisotopic (exact) mass is 660 g/mol. The van der Waals surface area contributed by atoms with Crippen molar-refractivity contribution >= 4 is 27.6 Å². The van der Waals surface area contributed by atoms with E-state index in [2.05, 4.69) is 0 Å². The van der Waals surface area contributed by atoms with Crippen molar-refractivity contribution < 1.29 is 79.7 Å². The summed E-state index contributed by atoms with van der Waals surface area (Å²) in [6.45, 7) is -0.655. The number of carbonyl (C=O) groups is 2. The predicted molar refractivity (Wildman–Crippen MR) is 144 cm³/mol. The molecule has 45 heavy (non-hydrogen) atoms. The number of hydrogen-bond donors (Lipinski definition) is 1. The Hall–Kier alpha value is -3.04. The van der Waals surface area contributed by atoms with Crippen LogP contribution >= 0.6 is 0 Å². The van der Waals surface area contributed by atoms with Crippen LogP contribution in [-0.2, 0) is 21.4 Å². The fourth-order valence-corrected chi connectivity index (χ4v) is 7.42. The van der Waals surface area contributed by atoms with Gasteiger partial charge in [-0.15, -0.1) is 0 Å². The molecule has 3 aromatic rings. The number of aromatic carboxylic acids is 1. The van der Waals surface area contributed by atoms with E-state index in [1.165, 1.54) is 12.5 Å². The largest absolute Gasteiger partial charge is 1.00 e. The molecule has 3 aromatic carbocycles. The maximum absolute atomic E-state index is 14.5. The van der Waals surface area contributed by atoms with Crippen molar-refractivity contribution in [3.8, 4) is 5.75 Å². The van der Waals surface area contributed by atoms with E-state index >= 15 is 0 Å². The van der Waals surface area contributed by atoms with Crippen molar-refractivity contribution in [1.82, 2.24) is 4.31 Å². The number of halogens is 5. The minimum absolute atomic E-state index is 0. The quantitative estimate of drug-likeness (QED) is 0.170. The second-order valence-electron chi connectivity index (χ2n) is 10.8. The molecule has 2 aliphatic rings. The normalized spacial score (nSPS) is 17.3. The topological polar surface area (TPSA) is 118 Å². The fraction of sp³-hybridized carbons (Fsp3) is 0.333. The molecule has 5 rings (SSSR count). The smallest absolute Gasteiger partial charge is 0.545 e. The van der Waals surface area contributed by atoms with Crippen LogP contribution in [0.5, 0.6) is 5.75 Å². The van der Waals surface area contributed by atoms with Gasteiger partial charge in [0.1, 0.15) is 11.8 Å². The zero-order valence-corrected chi connectivity index (χ0v) is 26.9. The van der Waals surface area contributed by atoms with E-state index in [0.717, 1.165) is 48.3 Å². The molecule has 0 radical (unpaired) electrons. The Bertz CT molecular complexity index is 1710. The number of carboxylic acid groups (broad SMARTS) is 1. The average molecular weight is 661 g/mol. The number of sulfonamides is 1. The maximum Gasteiger partial charge on any atom is 1.00 e. The van der Waals surface area contributed by atoms with Gasteiger partial charge in [-0.1, -0.05) is 43.5 Å². The molecule has 8 nitrogen and oxygen atoms in total. The van der Waals surface area contributed by atoms with Crippen LogP contribution in [0.1, 0.15) is 65.9 Å². The predicted octanol–water partition coefficient (Wildman–Crippen LogP) is 1.50. The van der Waals surface area contributed by atoms with Crippen LogP contribution in [0.3, 0.4) is 0 Å². The molecule has 1 saturated carbocycles. The van der Waals surface area contributed by atoms with E-state index in [1.807, 2.05) is 12.1 Å². The molecule has 15 heteroatoms. The average Bonchev–Trinajstić information content (AvgIpc) is 2.97. The minimum Gasteiger partial charge on any atom is -0.545 e. The van der Waals surface area contributed by atoms with Gasteiger partial charge in [-0.25, -0.2) is 30.4 Å². The number of nitrogens with zero attached hydrogens (tertiary/aromatic N) is 2. The molecule has 1 N–H and O–H groups in total. The van der Waals surface area contributed by atoms with Crippen molar-refractivity contribution in [3.05, 3.63) is 88.2 Å². The second kappa shape index (κ2) is 13.8. The molecular formula is C30H26F5N2NaO6S. The molecule has 2 fully saturated rings. The molecule has 0 bridgehead atoms. The number of carbonyl (C=O) groups excluding carboxylic acids is 2. The number of anilines is 1. The fourth-order valence-electron chi connectivity index (χ4n) is 5.68. The van der Waals surface area contributed by atoms with E-state index in [4.69, 9.17) is 0 Å². The summed E-state index contributed by atoms with van der Waals surface area (Å²) in [5, 5.41) is 21.6. The molecule has 234 valence electrons. The van der Waals surface area contributed by atoms with Gasteiger partial charge in [-0.2, -0.15) is 4.31 Å². The number of phenols is 1. The van der Waals surface area contributed by atoms with Crippen LogP contribution in [0, 0.1) is 29.1 Å². The van der Waals surface area contributed by atoms with Gasteiger partial charge in [0.25, 0.3) is 0 Å². The minimum atomic E-state index is -5.40. The molecule has 1 heterocycles. The Morgan fingerprint density at radius 2 is 1.44 bits per heavy atom. The summed E-state index contributed by atoms with van der Waals surface area (Å²) in [4.78, 5) is 24.1. The zero-order chi connectivity index (χ0) is 31.9. The summed E-state index contributed by atoms with van der Waals surface area (Å²) in [7, 11) is -5.40. The van der Waals surface area contributed by atoms with E-state index in [1.54, 1.807) is 12.1 Å². The molecule has 0 aromatic heterocycles. The number of benzene rings is 3. The van der Waals surface area contributed by atoms with Gasteiger partial charge in [0, 0.05) is 23.9 Å². The van der Waals surface area contributed by atoms with Crippen LogP contribution < -0.4 is 39.6 Å². The van der Waals surface area contributed by atoms with Crippen molar-refractivity contribution in [2.24, 2.45) is 0 Å². The summed E-state index contributed by atoms with van der Waals surface area (Å²) in [6, 6.07) is 8.87. The summed E-state index contributed by atoms with van der Waals surface area (Å²) >= 11 is 0. The first-order valence-electron chi connectivity index (χ1n) is 13.8. The summed E-state index contributed by atoms with van der Waals surface area (Å²) in [6.07, 6.45) is 5.34. The molecule has 0 unspecified atom stereocenters. The van der Waals surface area contributed by atoms with E-state index in [9.17, 15) is 50.2 Å². The van der Waals surface area contributed by atoms with Gasteiger partial charge in [-0.3, -0.25) is 4.79 Å². The summed E-state index contributed by atoms with van der Waals surface area (Å²) in [5.74, 6) is -15.5. The van der Waals surface area contributed by atoms with Crippen LogP contribution in [-0.4, -0.2) is 42.3 Å². The second-order valence-corrected chi connectivity index (χ2v) is 12.6. The Balaban J connectivity index is 0.00000461. The van der Waals surface area contributed by atoms with Gasteiger partial charge >= 0.3 is 29.6 Å². The van der Waals surface area contributed by atoms with Gasteiger partial charge in [-0.05, 0) is 48.4 Å². The van der Waals surface area contributed by atoms with Crippen LogP contribution in [0.25, 0.3) is 0 Å². The van der Waals surface area contributed by atoms with E-state index < -0.39 is 79.8 Å². The Morgan fingerprint density at radius 1 is 0.867 bits per heavy atom. The molecule has 1 aliphatic heterocycles. The first kappa shape index (κ1) is 34.8. The van der Waals surface area contributed by atoms with Crippen molar-refractivity contribution in [1.29, 1.82) is 0 Å². The number of amides is 1. The summed E-state index contributed by atoms with van der Waals surface area (Å²) < 4.78 is 96.9. The SMILES string of the molecule is O=C([O-])c1ccc(N(Cc2ccc(C3CCCCC3)cc2)C(=O)[C@H]2CCN2S(=O)(=O)c2c(F)c(F)c(F)c(F)c2F)cc1O.[Na+]. The number of rotatable bonds is 8. The molecule has 1 amide bonds. The first-order valence-corrected chi connectivity index (χ1v) is 15.2. The molecule has 1 atom stereocenters.